The Bertz CT molecular complexity index is 1000. The van der Waals surface area contributed by atoms with E-state index >= 15 is 0 Å². The van der Waals surface area contributed by atoms with Crippen molar-refractivity contribution in [3.63, 3.8) is 0 Å². The maximum absolute atomic E-state index is 12.9. The van der Waals surface area contributed by atoms with Crippen molar-refractivity contribution in [2.24, 2.45) is 5.92 Å². The van der Waals surface area contributed by atoms with Gasteiger partial charge >= 0.3 is 12.1 Å². The molecule has 0 bridgehead atoms. The Morgan fingerprint density at radius 1 is 1.00 bits per heavy atom. The van der Waals surface area contributed by atoms with Crippen molar-refractivity contribution in [3.05, 3.63) is 59.7 Å². The molecule has 1 saturated carbocycles. The lowest BCUT2D eigenvalue weighted by molar-refractivity contribution is -0.140. The molecular weight excluding hydrogens is 432 g/mol. The number of rotatable bonds is 10. The van der Waals surface area contributed by atoms with E-state index in [1.165, 1.54) is 0 Å². The molecule has 0 saturated heterocycles. The number of aliphatic carboxylic acids is 1. The molecule has 180 valence electrons. The molecule has 2 aliphatic carbocycles. The number of carboxylic acids is 1. The van der Waals surface area contributed by atoms with E-state index in [4.69, 9.17) is 4.74 Å². The summed E-state index contributed by atoms with van der Waals surface area (Å²) in [6, 6.07) is 14.9. The van der Waals surface area contributed by atoms with Gasteiger partial charge in [-0.1, -0.05) is 68.3 Å². The predicted octanol–water partition coefficient (Wildman–Crippen LogP) is 4.45. The SMILES string of the molecule is CCCC(NC(=O)C(CC(=O)O)NC(=O)OCC1c2ccccc2-c2ccccc21)C1CCC1. The molecule has 0 aliphatic heterocycles. The Balaban J connectivity index is 1.39. The standard InChI is InChI=1S/C27H32N2O5/c1-2-8-23(17-9-7-10-17)28-26(32)24(15-25(30)31)29-27(33)34-16-22-20-13-5-3-11-18(20)19-12-4-6-14-21(19)22/h3-6,11-14,17,22-24H,2,7-10,15-16H2,1H3,(H,28,32)(H,29,33)(H,30,31). The molecule has 0 aromatic heterocycles. The molecule has 4 rings (SSSR count). The van der Waals surface area contributed by atoms with Crippen LogP contribution in [0.2, 0.25) is 0 Å². The van der Waals surface area contributed by atoms with Crippen molar-refractivity contribution in [1.82, 2.24) is 10.6 Å². The van der Waals surface area contributed by atoms with Crippen LogP contribution in [0.1, 0.15) is 62.5 Å². The van der Waals surface area contributed by atoms with Gasteiger partial charge < -0.3 is 20.5 Å². The molecule has 2 unspecified atom stereocenters. The van der Waals surface area contributed by atoms with E-state index in [1.54, 1.807) is 0 Å². The third kappa shape index (κ3) is 5.24. The summed E-state index contributed by atoms with van der Waals surface area (Å²) in [7, 11) is 0. The Kier molecular flexibility index (Phi) is 7.50. The number of alkyl carbamates (subject to hydrolysis) is 1. The fourth-order valence-electron chi connectivity index (χ4n) is 5.03. The molecule has 7 heteroatoms. The zero-order chi connectivity index (χ0) is 24.1. The Morgan fingerprint density at radius 3 is 2.15 bits per heavy atom. The molecule has 3 N–H and O–H groups in total. The Labute approximate surface area is 199 Å². The van der Waals surface area contributed by atoms with E-state index in [0.29, 0.717) is 5.92 Å². The molecule has 2 aliphatic rings. The minimum absolute atomic E-state index is 0.00635. The first-order valence-electron chi connectivity index (χ1n) is 12.1. The van der Waals surface area contributed by atoms with Crippen LogP contribution >= 0.6 is 0 Å². The highest BCUT2D eigenvalue weighted by Crippen LogP contribution is 2.44. The van der Waals surface area contributed by atoms with E-state index in [9.17, 15) is 19.5 Å². The van der Waals surface area contributed by atoms with Crippen LogP contribution in [0.15, 0.2) is 48.5 Å². The topological polar surface area (TPSA) is 105 Å². The Morgan fingerprint density at radius 2 is 1.62 bits per heavy atom. The molecule has 0 heterocycles. The van der Waals surface area contributed by atoms with Crippen LogP contribution < -0.4 is 10.6 Å². The summed E-state index contributed by atoms with van der Waals surface area (Å²) in [5.74, 6) is -1.32. The number of nitrogens with one attached hydrogen (secondary N) is 2. The number of fused-ring (bicyclic) bond motifs is 3. The lowest BCUT2D eigenvalue weighted by atomic mass is 9.78. The molecule has 1 fully saturated rings. The average molecular weight is 465 g/mol. The fraction of sp³-hybridized carbons (Fsp3) is 0.444. The monoisotopic (exact) mass is 464 g/mol. The van der Waals surface area contributed by atoms with E-state index in [-0.39, 0.29) is 18.6 Å². The second-order valence-electron chi connectivity index (χ2n) is 9.22. The number of ether oxygens (including phenoxy) is 1. The van der Waals surface area contributed by atoms with Crippen LogP contribution in [0.5, 0.6) is 0 Å². The molecule has 2 atom stereocenters. The number of carboxylic acid groups (broad SMARTS) is 1. The van der Waals surface area contributed by atoms with Crippen LogP contribution in [-0.2, 0) is 14.3 Å². The van der Waals surface area contributed by atoms with Crippen LogP contribution in [0.25, 0.3) is 11.1 Å². The van der Waals surface area contributed by atoms with Crippen molar-refractivity contribution in [2.45, 2.75) is 63.5 Å². The smallest absolute Gasteiger partial charge is 0.407 e. The average Bonchev–Trinajstić information content (AvgIpc) is 3.10. The summed E-state index contributed by atoms with van der Waals surface area (Å²) in [5.41, 5.74) is 4.40. The third-order valence-electron chi connectivity index (χ3n) is 6.98. The van der Waals surface area contributed by atoms with Gasteiger partial charge in [-0.05, 0) is 47.4 Å². The highest BCUT2D eigenvalue weighted by molar-refractivity contribution is 5.89. The van der Waals surface area contributed by atoms with Crippen molar-refractivity contribution < 1.29 is 24.2 Å². The van der Waals surface area contributed by atoms with Gasteiger partial charge in [0.15, 0.2) is 0 Å². The van der Waals surface area contributed by atoms with Gasteiger partial charge in [-0.3, -0.25) is 9.59 Å². The van der Waals surface area contributed by atoms with Gasteiger partial charge in [0.05, 0.1) is 6.42 Å². The summed E-state index contributed by atoms with van der Waals surface area (Å²) in [6.45, 7) is 2.16. The van der Waals surface area contributed by atoms with Crippen molar-refractivity contribution >= 4 is 18.0 Å². The third-order valence-corrected chi connectivity index (χ3v) is 6.98. The van der Waals surface area contributed by atoms with Gasteiger partial charge in [-0.2, -0.15) is 0 Å². The van der Waals surface area contributed by atoms with Crippen molar-refractivity contribution in [3.8, 4) is 11.1 Å². The van der Waals surface area contributed by atoms with Gasteiger partial charge in [-0.15, -0.1) is 0 Å². The summed E-state index contributed by atoms with van der Waals surface area (Å²) < 4.78 is 5.51. The summed E-state index contributed by atoms with van der Waals surface area (Å²) in [5, 5.41) is 14.8. The van der Waals surface area contributed by atoms with Crippen LogP contribution in [0, 0.1) is 5.92 Å². The number of carbonyl (C=O) groups excluding carboxylic acids is 2. The van der Waals surface area contributed by atoms with Crippen LogP contribution in [-0.4, -0.2) is 41.8 Å². The highest BCUT2D eigenvalue weighted by atomic mass is 16.5. The minimum atomic E-state index is -1.19. The van der Waals surface area contributed by atoms with Gasteiger partial charge in [0.25, 0.3) is 0 Å². The van der Waals surface area contributed by atoms with Gasteiger partial charge in [0.1, 0.15) is 12.6 Å². The van der Waals surface area contributed by atoms with E-state index in [0.717, 1.165) is 54.4 Å². The number of hydrogen-bond donors (Lipinski definition) is 3. The maximum Gasteiger partial charge on any atom is 0.407 e. The largest absolute Gasteiger partial charge is 0.481 e. The summed E-state index contributed by atoms with van der Waals surface area (Å²) in [4.78, 5) is 36.9. The summed E-state index contributed by atoms with van der Waals surface area (Å²) in [6.07, 6.45) is 3.74. The number of hydrogen-bond acceptors (Lipinski definition) is 4. The molecule has 7 nitrogen and oxygen atoms in total. The zero-order valence-corrected chi connectivity index (χ0v) is 19.5. The van der Waals surface area contributed by atoms with Crippen molar-refractivity contribution in [1.29, 1.82) is 0 Å². The first-order valence-corrected chi connectivity index (χ1v) is 12.1. The fourth-order valence-corrected chi connectivity index (χ4v) is 5.03. The van der Waals surface area contributed by atoms with Gasteiger partial charge in [0.2, 0.25) is 5.91 Å². The molecule has 34 heavy (non-hydrogen) atoms. The molecule has 0 radical (unpaired) electrons. The van der Waals surface area contributed by atoms with Crippen LogP contribution in [0.4, 0.5) is 4.79 Å². The number of amides is 2. The summed E-state index contributed by atoms with van der Waals surface area (Å²) >= 11 is 0. The van der Waals surface area contributed by atoms with Gasteiger partial charge in [0, 0.05) is 12.0 Å². The van der Waals surface area contributed by atoms with E-state index in [2.05, 4.69) is 29.7 Å². The Hall–Kier alpha value is -3.35. The van der Waals surface area contributed by atoms with E-state index in [1.807, 2.05) is 36.4 Å². The second kappa shape index (κ2) is 10.7. The number of carbonyl (C=O) groups is 3. The van der Waals surface area contributed by atoms with Gasteiger partial charge in [-0.25, -0.2) is 4.79 Å². The van der Waals surface area contributed by atoms with Crippen molar-refractivity contribution in [2.75, 3.05) is 6.61 Å². The first kappa shape index (κ1) is 23.8. The molecule has 2 aromatic rings. The first-order chi connectivity index (χ1) is 16.5. The lowest BCUT2D eigenvalue weighted by Gasteiger charge is -2.35. The molecule has 0 spiro atoms. The second-order valence-corrected chi connectivity index (χ2v) is 9.22. The minimum Gasteiger partial charge on any atom is -0.481 e. The number of benzene rings is 2. The molecular formula is C27H32N2O5. The maximum atomic E-state index is 12.9. The van der Waals surface area contributed by atoms with Crippen LogP contribution in [0.3, 0.4) is 0 Å². The zero-order valence-electron chi connectivity index (χ0n) is 19.5. The highest BCUT2D eigenvalue weighted by Gasteiger charge is 2.33. The molecule has 2 aromatic carbocycles. The predicted molar refractivity (Wildman–Crippen MR) is 128 cm³/mol. The lowest BCUT2D eigenvalue weighted by Crippen LogP contribution is -2.53. The quantitative estimate of drug-likeness (QED) is 0.482. The van der Waals surface area contributed by atoms with E-state index < -0.39 is 30.4 Å². The normalized spacial score (nSPS) is 16.5. The molecule has 2 amide bonds.